The molecule has 11 heteroatoms. The average molecular weight is 596 g/mol. The number of benzene rings is 2. The number of hydrogen-bond acceptors (Lipinski definition) is 7. The third kappa shape index (κ3) is 5.48. The predicted molar refractivity (Wildman–Crippen MR) is 142 cm³/mol. The highest BCUT2D eigenvalue weighted by Crippen LogP contribution is 2.43. The molecule has 3 aromatic rings. The van der Waals surface area contributed by atoms with E-state index in [1.54, 1.807) is 16.8 Å². The smallest absolute Gasteiger partial charge is 0.338 e. The molecule has 0 fully saturated rings. The Morgan fingerprint density at radius 3 is 2.72 bits per heavy atom. The quantitative estimate of drug-likeness (QED) is 0.280. The van der Waals surface area contributed by atoms with Gasteiger partial charge >= 0.3 is 5.97 Å². The van der Waals surface area contributed by atoms with Gasteiger partial charge in [-0.25, -0.2) is 9.48 Å². The summed E-state index contributed by atoms with van der Waals surface area (Å²) in [5.41, 5.74) is 2.62. The molecule has 2 aromatic carbocycles. The first-order chi connectivity index (χ1) is 17.3. The standard InChI is InChI=1S/C25H25BrCl2N4O4/c1-4-8-35-24(33)21-14(3)31-25-29-13-30-32(25)22(21)16-9-18(26)23(20(10-16)34-5-2)36-12-15-6-7-17(27)11-19(15)28/h6-7,9-11,13,22H,4-5,8,12H2,1-3H3,(H,29,30,31). The molecule has 0 spiro atoms. The first-order valence-corrected chi connectivity index (χ1v) is 13.0. The van der Waals surface area contributed by atoms with Gasteiger partial charge in [0.05, 0.1) is 23.3 Å². The van der Waals surface area contributed by atoms with Gasteiger partial charge in [-0.3, -0.25) is 0 Å². The SMILES string of the molecule is CCCOC(=O)C1=C(C)Nc2ncnn2C1c1cc(Br)c(OCc2ccc(Cl)cc2Cl)c(OCC)c1. The second-order valence-electron chi connectivity index (χ2n) is 8.02. The van der Waals surface area contributed by atoms with Crippen LogP contribution >= 0.6 is 39.1 Å². The minimum Gasteiger partial charge on any atom is -0.490 e. The molecule has 0 saturated carbocycles. The number of fused-ring (bicyclic) bond motifs is 1. The van der Waals surface area contributed by atoms with Gasteiger partial charge in [-0.15, -0.1) is 0 Å². The number of allylic oxidation sites excluding steroid dienone is 1. The Balaban J connectivity index is 1.74. The molecular formula is C25H25BrCl2N4O4. The van der Waals surface area contributed by atoms with Gasteiger partial charge in [0.15, 0.2) is 11.5 Å². The monoisotopic (exact) mass is 594 g/mol. The van der Waals surface area contributed by atoms with Crippen LogP contribution in [0.15, 0.2) is 52.4 Å². The number of hydrogen-bond donors (Lipinski definition) is 1. The Morgan fingerprint density at radius 1 is 1.19 bits per heavy atom. The van der Waals surface area contributed by atoms with Gasteiger partial charge in [0.2, 0.25) is 5.95 Å². The van der Waals surface area contributed by atoms with E-state index in [2.05, 4.69) is 31.3 Å². The van der Waals surface area contributed by atoms with Crippen molar-refractivity contribution < 1.29 is 19.0 Å². The Kier molecular flexibility index (Phi) is 8.43. The lowest BCUT2D eigenvalue weighted by molar-refractivity contribution is -0.139. The van der Waals surface area contributed by atoms with E-state index in [0.29, 0.717) is 62.9 Å². The minimum atomic E-state index is -0.580. The number of anilines is 1. The van der Waals surface area contributed by atoms with Crippen LogP contribution in [0.4, 0.5) is 5.95 Å². The van der Waals surface area contributed by atoms with Gasteiger partial charge in [-0.2, -0.15) is 10.1 Å². The van der Waals surface area contributed by atoms with Crippen LogP contribution in [0.2, 0.25) is 10.0 Å². The van der Waals surface area contributed by atoms with Crippen LogP contribution < -0.4 is 14.8 Å². The number of halogens is 3. The molecule has 0 saturated heterocycles. The molecular weight excluding hydrogens is 571 g/mol. The lowest BCUT2D eigenvalue weighted by Gasteiger charge is -2.29. The van der Waals surface area contributed by atoms with Crippen molar-refractivity contribution in [1.29, 1.82) is 0 Å². The fourth-order valence-electron chi connectivity index (χ4n) is 3.87. The lowest BCUT2D eigenvalue weighted by atomic mass is 9.95. The summed E-state index contributed by atoms with van der Waals surface area (Å²) in [6, 6.07) is 8.38. The Morgan fingerprint density at radius 2 is 2.00 bits per heavy atom. The summed E-state index contributed by atoms with van der Waals surface area (Å²) in [5.74, 6) is 1.12. The second kappa shape index (κ2) is 11.5. The average Bonchev–Trinajstić information content (AvgIpc) is 3.30. The summed E-state index contributed by atoms with van der Waals surface area (Å²) in [4.78, 5) is 17.4. The molecule has 0 radical (unpaired) electrons. The van der Waals surface area contributed by atoms with E-state index in [1.807, 2.05) is 39.0 Å². The maximum Gasteiger partial charge on any atom is 0.338 e. The highest BCUT2D eigenvalue weighted by molar-refractivity contribution is 9.10. The number of nitrogens with one attached hydrogen (secondary N) is 1. The predicted octanol–water partition coefficient (Wildman–Crippen LogP) is 6.57. The number of aromatic nitrogens is 3. The largest absolute Gasteiger partial charge is 0.490 e. The van der Waals surface area contributed by atoms with Crippen molar-refractivity contribution in [2.24, 2.45) is 0 Å². The zero-order valence-corrected chi connectivity index (χ0v) is 23.1. The van der Waals surface area contributed by atoms with Crippen molar-refractivity contribution in [3.8, 4) is 11.5 Å². The topological polar surface area (TPSA) is 87.5 Å². The van der Waals surface area contributed by atoms with E-state index in [-0.39, 0.29) is 6.61 Å². The highest BCUT2D eigenvalue weighted by atomic mass is 79.9. The molecule has 0 bridgehead atoms. The molecule has 190 valence electrons. The summed E-state index contributed by atoms with van der Waals surface area (Å²) in [5, 5.41) is 8.57. The van der Waals surface area contributed by atoms with Crippen molar-refractivity contribution in [3.63, 3.8) is 0 Å². The number of rotatable bonds is 9. The van der Waals surface area contributed by atoms with Crippen molar-refractivity contribution in [1.82, 2.24) is 14.8 Å². The lowest BCUT2D eigenvalue weighted by Crippen LogP contribution is -2.30. The molecule has 4 rings (SSSR count). The first kappa shape index (κ1) is 26.3. The number of carbonyl (C=O) groups is 1. The van der Waals surface area contributed by atoms with Crippen molar-refractivity contribution in [2.75, 3.05) is 18.5 Å². The second-order valence-corrected chi connectivity index (χ2v) is 9.72. The van der Waals surface area contributed by atoms with Crippen molar-refractivity contribution in [2.45, 2.75) is 39.8 Å². The normalized spacial score (nSPS) is 14.8. The van der Waals surface area contributed by atoms with Crippen LogP contribution in [0.25, 0.3) is 0 Å². The number of ether oxygens (including phenoxy) is 3. The van der Waals surface area contributed by atoms with Crippen LogP contribution in [0.1, 0.15) is 44.4 Å². The van der Waals surface area contributed by atoms with Gasteiger partial charge in [0.1, 0.15) is 19.0 Å². The van der Waals surface area contributed by atoms with Gasteiger partial charge in [0, 0.05) is 21.3 Å². The van der Waals surface area contributed by atoms with Gasteiger partial charge in [-0.05, 0) is 66.0 Å². The summed E-state index contributed by atoms with van der Waals surface area (Å²) < 4.78 is 19.9. The fourth-order valence-corrected chi connectivity index (χ4v) is 4.91. The van der Waals surface area contributed by atoms with Crippen LogP contribution in [0.5, 0.6) is 11.5 Å². The highest BCUT2D eigenvalue weighted by Gasteiger charge is 2.35. The van der Waals surface area contributed by atoms with E-state index < -0.39 is 12.0 Å². The molecule has 1 unspecified atom stereocenters. The molecule has 8 nitrogen and oxygen atoms in total. The third-order valence-electron chi connectivity index (χ3n) is 5.49. The van der Waals surface area contributed by atoms with Crippen LogP contribution in [-0.2, 0) is 16.1 Å². The van der Waals surface area contributed by atoms with Crippen molar-refractivity contribution >= 4 is 51.0 Å². The van der Waals surface area contributed by atoms with Crippen molar-refractivity contribution in [3.05, 3.63) is 73.6 Å². The third-order valence-corrected chi connectivity index (χ3v) is 6.66. The number of nitrogens with zero attached hydrogens (tertiary/aromatic N) is 3. The molecule has 1 aromatic heterocycles. The van der Waals surface area contributed by atoms with Crippen LogP contribution in [-0.4, -0.2) is 33.9 Å². The molecule has 0 aliphatic carbocycles. The molecule has 2 heterocycles. The maximum absolute atomic E-state index is 13.1. The zero-order chi connectivity index (χ0) is 25.8. The summed E-state index contributed by atoms with van der Waals surface area (Å²) in [6.07, 6.45) is 2.16. The minimum absolute atomic E-state index is 0.211. The van der Waals surface area contributed by atoms with Crippen LogP contribution in [0, 0.1) is 0 Å². The summed E-state index contributed by atoms with van der Waals surface area (Å²) in [7, 11) is 0. The van der Waals surface area contributed by atoms with Gasteiger partial charge in [0.25, 0.3) is 0 Å². The molecule has 1 N–H and O–H groups in total. The Labute approximate surface area is 227 Å². The van der Waals surface area contributed by atoms with E-state index in [4.69, 9.17) is 37.4 Å². The maximum atomic E-state index is 13.1. The van der Waals surface area contributed by atoms with Crippen LogP contribution in [0.3, 0.4) is 0 Å². The molecule has 36 heavy (non-hydrogen) atoms. The van der Waals surface area contributed by atoms with E-state index in [9.17, 15) is 4.79 Å². The molecule has 0 amide bonds. The zero-order valence-electron chi connectivity index (χ0n) is 20.0. The molecule has 1 aliphatic heterocycles. The fraction of sp³-hybridized carbons (Fsp3) is 0.320. The van der Waals surface area contributed by atoms with E-state index >= 15 is 0 Å². The van der Waals surface area contributed by atoms with Gasteiger partial charge < -0.3 is 19.5 Å². The molecule has 1 atom stereocenters. The van der Waals surface area contributed by atoms with E-state index in [1.165, 1.54) is 6.33 Å². The summed E-state index contributed by atoms with van der Waals surface area (Å²) >= 11 is 16.0. The number of esters is 1. The first-order valence-electron chi connectivity index (χ1n) is 11.4. The number of carbonyl (C=O) groups excluding carboxylic acids is 1. The Hall–Kier alpha value is -2.75. The Bertz CT molecular complexity index is 1310. The molecule has 1 aliphatic rings. The van der Waals surface area contributed by atoms with Gasteiger partial charge in [-0.1, -0.05) is 36.2 Å². The van der Waals surface area contributed by atoms with E-state index in [0.717, 1.165) is 11.1 Å². The summed E-state index contributed by atoms with van der Waals surface area (Å²) in [6.45, 7) is 6.59.